The lowest BCUT2D eigenvalue weighted by molar-refractivity contribution is 0.0696. The van der Waals surface area contributed by atoms with Crippen LogP contribution in [-0.2, 0) is 6.54 Å². The van der Waals surface area contributed by atoms with Gasteiger partial charge in [0.05, 0.1) is 5.56 Å². The van der Waals surface area contributed by atoms with Crippen molar-refractivity contribution >= 4 is 51.9 Å². The molecule has 0 aromatic heterocycles. The summed E-state index contributed by atoms with van der Waals surface area (Å²) >= 11 is 12.2. The highest BCUT2D eigenvalue weighted by Crippen LogP contribution is 2.43. The molecule has 0 spiro atoms. The summed E-state index contributed by atoms with van der Waals surface area (Å²) in [5.41, 5.74) is 12.0. The van der Waals surface area contributed by atoms with Crippen molar-refractivity contribution in [1.82, 2.24) is 9.80 Å². The van der Waals surface area contributed by atoms with Crippen molar-refractivity contribution in [2.75, 3.05) is 68.7 Å². The van der Waals surface area contributed by atoms with Crippen LogP contribution < -0.4 is 9.80 Å². The number of piperazine rings is 2. The minimum atomic E-state index is -0.888. The largest absolute Gasteiger partial charge is 0.478 e. The van der Waals surface area contributed by atoms with Crippen molar-refractivity contribution in [2.45, 2.75) is 46.6 Å². The molecule has 2 aliphatic heterocycles. The van der Waals surface area contributed by atoms with Gasteiger partial charge in [-0.3, -0.25) is 14.6 Å². The molecule has 312 valence electrons. The lowest BCUT2D eigenvalue weighted by atomic mass is 9.73. The van der Waals surface area contributed by atoms with Crippen LogP contribution in [0.4, 0.5) is 11.4 Å². The fourth-order valence-corrected chi connectivity index (χ4v) is 8.95. The molecule has 5 aromatic rings. The second-order valence-corrected chi connectivity index (χ2v) is 17.9. The van der Waals surface area contributed by atoms with Gasteiger partial charge in [0.15, 0.2) is 5.78 Å². The maximum atomic E-state index is 11.5. The second-order valence-electron chi connectivity index (χ2n) is 17.1. The van der Waals surface area contributed by atoms with E-state index in [4.69, 9.17) is 28.3 Å². The molecule has 0 amide bonds. The van der Waals surface area contributed by atoms with Crippen LogP contribution in [0.1, 0.15) is 71.9 Å². The Morgan fingerprint density at radius 2 is 1.08 bits per heavy atom. The van der Waals surface area contributed by atoms with Crippen molar-refractivity contribution in [3.8, 4) is 11.1 Å². The van der Waals surface area contributed by atoms with Gasteiger partial charge in [-0.05, 0) is 132 Å². The molecule has 1 N–H and O–H groups in total. The Morgan fingerprint density at radius 3 is 1.60 bits per heavy atom. The van der Waals surface area contributed by atoms with E-state index >= 15 is 0 Å². The van der Waals surface area contributed by atoms with Gasteiger partial charge in [0.1, 0.15) is 0 Å². The van der Waals surface area contributed by atoms with Gasteiger partial charge in [0.25, 0.3) is 0 Å². The molecule has 2 heterocycles. The Balaban J connectivity index is 0.000000182. The van der Waals surface area contributed by atoms with E-state index in [0.717, 1.165) is 99.6 Å². The van der Waals surface area contributed by atoms with Gasteiger partial charge in [0.2, 0.25) is 0 Å². The molecular weight excluding hydrogens is 787 g/mol. The Morgan fingerprint density at radius 1 is 0.600 bits per heavy atom. The lowest BCUT2D eigenvalue weighted by Gasteiger charge is -2.39. The lowest BCUT2D eigenvalue weighted by Crippen LogP contribution is -2.47. The summed E-state index contributed by atoms with van der Waals surface area (Å²) in [4.78, 5) is 32.4. The number of carboxylic acids is 1. The number of hydrogen-bond acceptors (Lipinski definition) is 6. The van der Waals surface area contributed by atoms with E-state index in [1.807, 2.05) is 48.5 Å². The maximum absolute atomic E-state index is 11.5. The zero-order valence-electron chi connectivity index (χ0n) is 35.0. The van der Waals surface area contributed by atoms with E-state index in [0.29, 0.717) is 11.0 Å². The summed E-state index contributed by atoms with van der Waals surface area (Å²) < 4.78 is 0. The number of hydrogen-bond donors (Lipinski definition) is 1. The summed E-state index contributed by atoms with van der Waals surface area (Å²) in [5, 5.41) is 10.6. The van der Waals surface area contributed by atoms with Crippen LogP contribution in [0, 0.1) is 5.41 Å². The molecule has 5 aromatic carbocycles. The third-order valence-corrected chi connectivity index (χ3v) is 12.7. The average molecular weight is 844 g/mol. The molecule has 7 nitrogen and oxygen atoms in total. The Hall–Kier alpha value is -4.92. The molecule has 0 bridgehead atoms. The highest BCUT2D eigenvalue weighted by molar-refractivity contribution is 6.30. The second kappa shape index (κ2) is 19.6. The number of nitrogens with zero attached hydrogens (tertiary/aromatic N) is 4. The monoisotopic (exact) mass is 842 g/mol. The molecule has 0 radical (unpaired) electrons. The zero-order valence-corrected chi connectivity index (χ0v) is 36.6. The SMILES string of the molecule is CC(=O)c1ccc(N2CCN(CC3=C(c4ccc(Cl)cc4)CCC(C)(C)C3)CC2)cc1.O=C(O)c1ccc(N2CCN(Cc3ccccc3-c3ccc(Cl)cc3)CC2)cc1. The number of benzene rings is 5. The Kier molecular flexibility index (Phi) is 14.1. The molecule has 60 heavy (non-hydrogen) atoms. The third kappa shape index (κ3) is 11.3. The topological polar surface area (TPSA) is 67.3 Å². The smallest absolute Gasteiger partial charge is 0.335 e. The van der Waals surface area contributed by atoms with Crippen LogP contribution in [-0.4, -0.2) is 85.6 Å². The number of Topliss-reactive ketones (excluding diaryl/α,β-unsaturated/α-hetero) is 1. The molecule has 8 rings (SSSR count). The number of anilines is 2. The molecule has 0 unspecified atom stereocenters. The number of allylic oxidation sites excluding steroid dienone is 1. The predicted octanol–water partition coefficient (Wildman–Crippen LogP) is 11.4. The third-order valence-electron chi connectivity index (χ3n) is 12.2. The van der Waals surface area contributed by atoms with Crippen LogP contribution in [0.15, 0.2) is 127 Å². The zero-order chi connectivity index (χ0) is 42.2. The van der Waals surface area contributed by atoms with Crippen molar-refractivity contribution in [1.29, 1.82) is 0 Å². The van der Waals surface area contributed by atoms with Crippen LogP contribution >= 0.6 is 23.2 Å². The van der Waals surface area contributed by atoms with E-state index in [1.165, 1.54) is 39.9 Å². The van der Waals surface area contributed by atoms with Gasteiger partial charge >= 0.3 is 5.97 Å². The number of halogens is 2. The van der Waals surface area contributed by atoms with Crippen molar-refractivity contribution in [3.63, 3.8) is 0 Å². The van der Waals surface area contributed by atoms with Gasteiger partial charge in [-0.2, -0.15) is 0 Å². The fourth-order valence-electron chi connectivity index (χ4n) is 8.69. The molecular formula is C51H56Cl2N4O3. The normalized spacial score (nSPS) is 17.2. The van der Waals surface area contributed by atoms with E-state index in [-0.39, 0.29) is 5.78 Å². The number of aromatic carboxylic acids is 1. The van der Waals surface area contributed by atoms with E-state index < -0.39 is 5.97 Å². The summed E-state index contributed by atoms with van der Waals surface area (Å²) in [7, 11) is 0. The molecule has 0 atom stereocenters. The van der Waals surface area contributed by atoms with Crippen molar-refractivity contribution in [3.05, 3.63) is 159 Å². The number of carbonyl (C=O) groups is 2. The van der Waals surface area contributed by atoms with Gasteiger partial charge in [-0.25, -0.2) is 4.79 Å². The predicted molar refractivity (Wildman–Crippen MR) is 249 cm³/mol. The summed E-state index contributed by atoms with van der Waals surface area (Å²) in [6.45, 7) is 16.3. The van der Waals surface area contributed by atoms with Crippen molar-refractivity contribution in [2.24, 2.45) is 5.41 Å². The first kappa shape index (κ1) is 43.2. The summed E-state index contributed by atoms with van der Waals surface area (Å²) in [6, 6.07) is 40.1. The summed E-state index contributed by atoms with van der Waals surface area (Å²) in [6.07, 6.45) is 3.54. The Bertz CT molecular complexity index is 2260. The number of carbonyl (C=O) groups excluding carboxylic acids is 1. The number of rotatable bonds is 10. The van der Waals surface area contributed by atoms with Gasteiger partial charge < -0.3 is 14.9 Å². The fraction of sp³-hybridized carbons (Fsp3) is 0.333. The first-order chi connectivity index (χ1) is 28.9. The summed E-state index contributed by atoms with van der Waals surface area (Å²) in [5.74, 6) is -0.766. The standard InChI is InChI=1S/C27H33ClN2O.C24H23ClN2O2/c1-20(31)21-6-10-25(11-7-21)30-16-14-29(15-17-30)19-23-18-27(2,3)13-12-26(23)22-4-8-24(28)9-5-22;25-21-9-5-18(6-10-21)23-4-2-1-3-20(23)17-26-13-15-27(16-14-26)22-11-7-19(8-12-22)24(28)29/h4-11H,12-19H2,1-3H3;1-12H,13-17H2,(H,28,29). The average Bonchev–Trinajstić information content (AvgIpc) is 3.25. The molecule has 0 saturated carbocycles. The van der Waals surface area contributed by atoms with E-state index in [2.05, 4.69) is 94.1 Å². The van der Waals surface area contributed by atoms with Gasteiger partial charge in [-0.1, -0.05) is 91.2 Å². The minimum Gasteiger partial charge on any atom is -0.478 e. The van der Waals surface area contributed by atoms with Crippen molar-refractivity contribution < 1.29 is 14.7 Å². The molecule has 2 fully saturated rings. The quantitative estimate of drug-likeness (QED) is 0.140. The van der Waals surface area contributed by atoms with Crippen LogP contribution in [0.2, 0.25) is 10.0 Å². The molecule has 3 aliphatic rings. The number of ketones is 1. The highest BCUT2D eigenvalue weighted by atomic mass is 35.5. The minimum absolute atomic E-state index is 0.122. The number of carboxylic acid groups (broad SMARTS) is 1. The highest BCUT2D eigenvalue weighted by Gasteiger charge is 2.29. The van der Waals surface area contributed by atoms with E-state index in [9.17, 15) is 9.59 Å². The first-order valence-electron chi connectivity index (χ1n) is 21.1. The van der Waals surface area contributed by atoms with E-state index in [1.54, 1.807) is 24.6 Å². The van der Waals surface area contributed by atoms with Gasteiger partial charge in [-0.15, -0.1) is 0 Å². The molecule has 9 heteroatoms. The van der Waals surface area contributed by atoms with Crippen LogP contribution in [0.25, 0.3) is 16.7 Å². The molecule has 1 aliphatic carbocycles. The maximum Gasteiger partial charge on any atom is 0.335 e. The molecule has 2 saturated heterocycles. The van der Waals surface area contributed by atoms with Gasteiger partial charge in [0, 0.05) is 92.4 Å². The van der Waals surface area contributed by atoms with Crippen LogP contribution in [0.5, 0.6) is 0 Å². The Labute approximate surface area is 365 Å². The first-order valence-corrected chi connectivity index (χ1v) is 21.9. The van der Waals surface area contributed by atoms with Crippen LogP contribution in [0.3, 0.4) is 0 Å².